The Kier molecular flexibility index (Phi) is 33.3. The van der Waals surface area contributed by atoms with E-state index in [9.17, 15) is 14.7 Å². The Morgan fingerprint density at radius 3 is 1.22 bits per heavy atom. The lowest BCUT2D eigenvalue weighted by Crippen LogP contribution is -2.29. The van der Waals surface area contributed by atoms with E-state index >= 15 is 0 Å². The Morgan fingerprint density at radius 2 is 0.822 bits per heavy atom. The molecule has 1 N–H and O–H groups in total. The minimum absolute atomic E-state index is 0.0271. The Balaban J connectivity index is 3.99. The number of esters is 2. The summed E-state index contributed by atoms with van der Waals surface area (Å²) in [6.45, 7) is 12.9. The van der Waals surface area contributed by atoms with Gasteiger partial charge >= 0.3 is 11.9 Å². The van der Waals surface area contributed by atoms with E-state index in [1.807, 2.05) is 0 Å². The molecule has 0 heterocycles. The average molecular weight is 640 g/mol. The molecule has 0 saturated heterocycles. The summed E-state index contributed by atoms with van der Waals surface area (Å²) in [6, 6.07) is 0. The molecule has 0 aliphatic carbocycles. The van der Waals surface area contributed by atoms with Crippen molar-refractivity contribution in [3.05, 3.63) is 0 Å². The number of ether oxygens (including phenoxy) is 2. The van der Waals surface area contributed by atoms with Crippen LogP contribution in [0.5, 0.6) is 0 Å². The maximum atomic E-state index is 12.6. The summed E-state index contributed by atoms with van der Waals surface area (Å²) in [4.78, 5) is 27.6. The lowest BCUT2D eigenvalue weighted by molar-refractivity contribution is -0.150. The molecule has 0 aromatic carbocycles. The van der Waals surface area contributed by atoms with Crippen molar-refractivity contribution in [2.45, 2.75) is 188 Å². The smallest absolute Gasteiger partial charge is 0.308 e. The van der Waals surface area contributed by atoms with Gasteiger partial charge in [-0.3, -0.25) is 9.59 Å². The Labute approximate surface area is 280 Å². The molecule has 0 fully saturated rings. The fraction of sp³-hybridized carbons (Fsp3) is 0.949. The first kappa shape index (κ1) is 43.9. The second-order valence-electron chi connectivity index (χ2n) is 13.5. The second-order valence-corrected chi connectivity index (χ2v) is 13.5. The number of carbonyl (C=O) groups excluding carboxylic acids is 2. The van der Waals surface area contributed by atoms with Gasteiger partial charge in [-0.2, -0.15) is 0 Å². The largest absolute Gasteiger partial charge is 0.465 e. The molecule has 0 aliphatic rings. The van der Waals surface area contributed by atoms with Gasteiger partial charge in [0.05, 0.1) is 31.7 Å². The summed E-state index contributed by atoms with van der Waals surface area (Å²) >= 11 is 0. The predicted molar refractivity (Wildman–Crippen MR) is 191 cm³/mol. The van der Waals surface area contributed by atoms with Crippen molar-refractivity contribution in [1.82, 2.24) is 4.90 Å². The van der Waals surface area contributed by atoms with Crippen LogP contribution in [0.4, 0.5) is 0 Å². The Hall–Kier alpha value is -1.14. The van der Waals surface area contributed by atoms with Gasteiger partial charge in [0.1, 0.15) is 0 Å². The third kappa shape index (κ3) is 27.7. The van der Waals surface area contributed by atoms with Gasteiger partial charge in [-0.15, -0.1) is 0 Å². The first-order chi connectivity index (χ1) is 22.0. The van der Waals surface area contributed by atoms with Crippen LogP contribution in [-0.4, -0.2) is 61.4 Å². The highest BCUT2D eigenvalue weighted by molar-refractivity contribution is 5.72. The highest BCUT2D eigenvalue weighted by atomic mass is 16.5. The first-order valence-electron chi connectivity index (χ1n) is 19.7. The van der Waals surface area contributed by atoms with Gasteiger partial charge in [0, 0.05) is 6.54 Å². The zero-order valence-electron chi connectivity index (χ0n) is 30.6. The fourth-order valence-corrected chi connectivity index (χ4v) is 6.11. The number of aliphatic hydroxyl groups excluding tert-OH is 1. The number of unbranched alkanes of at least 4 members (excludes halogenated alkanes) is 15. The van der Waals surface area contributed by atoms with E-state index < -0.39 is 0 Å². The lowest BCUT2D eigenvalue weighted by Gasteiger charge is -2.21. The molecular weight excluding hydrogens is 562 g/mol. The van der Waals surface area contributed by atoms with E-state index in [1.54, 1.807) is 0 Å². The molecule has 2 unspecified atom stereocenters. The SMILES string of the molecule is CCCCCCC(CCCC)C(=O)OCCCCCCCN(CCO)CCCCCCOC(=O)C(CCCC)CCCCCC. The molecular formula is C39H77NO5. The maximum Gasteiger partial charge on any atom is 0.308 e. The topological polar surface area (TPSA) is 76.1 Å². The minimum Gasteiger partial charge on any atom is -0.465 e. The normalized spacial score (nSPS) is 12.8. The van der Waals surface area contributed by atoms with Gasteiger partial charge in [0.15, 0.2) is 0 Å². The number of hydrogen-bond donors (Lipinski definition) is 1. The van der Waals surface area contributed by atoms with E-state index in [2.05, 4.69) is 32.6 Å². The number of aliphatic hydroxyl groups is 1. The molecule has 6 heteroatoms. The van der Waals surface area contributed by atoms with Crippen LogP contribution in [0.2, 0.25) is 0 Å². The molecule has 0 spiro atoms. The monoisotopic (exact) mass is 640 g/mol. The van der Waals surface area contributed by atoms with Gasteiger partial charge in [0.25, 0.3) is 0 Å². The van der Waals surface area contributed by atoms with E-state index in [1.165, 1.54) is 44.9 Å². The summed E-state index contributed by atoms with van der Waals surface area (Å²) < 4.78 is 11.3. The average Bonchev–Trinajstić information content (AvgIpc) is 3.04. The number of carbonyl (C=O) groups is 2. The molecule has 0 radical (unpaired) electrons. The van der Waals surface area contributed by atoms with E-state index in [4.69, 9.17) is 9.47 Å². The van der Waals surface area contributed by atoms with Crippen molar-refractivity contribution in [2.75, 3.05) is 39.5 Å². The summed E-state index contributed by atoms with van der Waals surface area (Å²) in [7, 11) is 0. The Morgan fingerprint density at radius 1 is 0.467 bits per heavy atom. The molecule has 268 valence electrons. The van der Waals surface area contributed by atoms with Crippen LogP contribution in [0.25, 0.3) is 0 Å². The zero-order chi connectivity index (χ0) is 33.2. The minimum atomic E-state index is 0.0271. The molecule has 2 atom stereocenters. The van der Waals surface area contributed by atoms with Gasteiger partial charge < -0.3 is 19.5 Å². The van der Waals surface area contributed by atoms with Gasteiger partial charge in [0.2, 0.25) is 0 Å². The number of nitrogens with zero attached hydrogens (tertiary/aromatic N) is 1. The van der Waals surface area contributed by atoms with Crippen molar-refractivity contribution >= 4 is 11.9 Å². The summed E-state index contributed by atoms with van der Waals surface area (Å²) in [5.41, 5.74) is 0. The standard InChI is InChI=1S/C39H77NO5/c1-5-9-13-20-28-36(26-11-7-3)38(42)44-34-24-18-15-16-22-30-40(32-33-41)31-23-17-19-25-35-45-39(43)37(27-12-8-4)29-21-14-10-6-2/h36-37,41H,5-35H2,1-4H3. The summed E-state index contributed by atoms with van der Waals surface area (Å²) in [5.74, 6) is 0.239. The van der Waals surface area contributed by atoms with Crippen LogP contribution in [0.15, 0.2) is 0 Å². The van der Waals surface area contributed by atoms with Crippen molar-refractivity contribution in [3.8, 4) is 0 Å². The zero-order valence-corrected chi connectivity index (χ0v) is 30.6. The molecule has 0 bridgehead atoms. The van der Waals surface area contributed by atoms with Gasteiger partial charge in [-0.05, 0) is 64.5 Å². The van der Waals surface area contributed by atoms with Crippen LogP contribution >= 0.6 is 0 Å². The lowest BCUT2D eigenvalue weighted by atomic mass is 9.95. The molecule has 0 aromatic rings. The van der Waals surface area contributed by atoms with Crippen molar-refractivity contribution in [2.24, 2.45) is 11.8 Å². The van der Waals surface area contributed by atoms with Crippen molar-refractivity contribution in [3.63, 3.8) is 0 Å². The van der Waals surface area contributed by atoms with Crippen LogP contribution in [0, 0.1) is 11.8 Å². The van der Waals surface area contributed by atoms with Gasteiger partial charge in [-0.1, -0.05) is 137 Å². The molecule has 0 saturated carbocycles. The molecule has 0 aliphatic heterocycles. The predicted octanol–water partition coefficient (Wildman–Crippen LogP) is 10.4. The number of hydrogen-bond acceptors (Lipinski definition) is 6. The summed E-state index contributed by atoms with van der Waals surface area (Å²) in [6.07, 6.45) is 27.9. The van der Waals surface area contributed by atoms with E-state index in [0.717, 1.165) is 135 Å². The van der Waals surface area contributed by atoms with E-state index in [-0.39, 0.29) is 30.4 Å². The third-order valence-electron chi connectivity index (χ3n) is 9.18. The third-order valence-corrected chi connectivity index (χ3v) is 9.18. The fourth-order valence-electron chi connectivity index (χ4n) is 6.11. The van der Waals surface area contributed by atoms with Crippen LogP contribution in [-0.2, 0) is 19.1 Å². The molecule has 45 heavy (non-hydrogen) atoms. The molecule has 0 aromatic heterocycles. The maximum absolute atomic E-state index is 12.6. The molecule has 0 amide bonds. The first-order valence-corrected chi connectivity index (χ1v) is 19.7. The molecule has 6 nitrogen and oxygen atoms in total. The van der Waals surface area contributed by atoms with Crippen LogP contribution < -0.4 is 0 Å². The van der Waals surface area contributed by atoms with E-state index in [0.29, 0.717) is 13.2 Å². The quantitative estimate of drug-likeness (QED) is 0.0549. The highest BCUT2D eigenvalue weighted by Gasteiger charge is 2.20. The molecule has 0 rings (SSSR count). The van der Waals surface area contributed by atoms with Crippen molar-refractivity contribution < 1.29 is 24.2 Å². The number of rotatable bonds is 35. The van der Waals surface area contributed by atoms with Crippen LogP contribution in [0.1, 0.15) is 188 Å². The second kappa shape index (κ2) is 34.2. The Bertz CT molecular complexity index is 643. The van der Waals surface area contributed by atoms with Gasteiger partial charge in [-0.25, -0.2) is 0 Å². The van der Waals surface area contributed by atoms with Crippen molar-refractivity contribution in [1.29, 1.82) is 0 Å². The summed E-state index contributed by atoms with van der Waals surface area (Å²) in [5, 5.41) is 9.51. The van der Waals surface area contributed by atoms with Crippen LogP contribution in [0.3, 0.4) is 0 Å². The highest BCUT2D eigenvalue weighted by Crippen LogP contribution is 2.21.